The highest BCUT2D eigenvalue weighted by atomic mass is 16.6. The number of allylic oxidation sites excluding steroid dienone is 2. The Labute approximate surface area is 104 Å². The highest BCUT2D eigenvalue weighted by Crippen LogP contribution is 2.57. The van der Waals surface area contributed by atoms with Crippen LogP contribution in [0.4, 0.5) is 0 Å². The molecule has 0 aromatic heterocycles. The van der Waals surface area contributed by atoms with Crippen LogP contribution in [0.5, 0.6) is 0 Å². The lowest BCUT2D eigenvalue weighted by Gasteiger charge is -2.20. The first-order valence-electron chi connectivity index (χ1n) is 6.28. The van der Waals surface area contributed by atoms with Crippen molar-refractivity contribution >= 4 is 17.5 Å². The molecular weight excluding hydrogens is 228 g/mol. The fraction of sp³-hybridized carbons (Fsp3) is 0.333. The molecule has 0 unspecified atom stereocenters. The third-order valence-electron chi connectivity index (χ3n) is 4.45. The smallest absolute Gasteiger partial charge is 0.318 e. The lowest BCUT2D eigenvalue weighted by atomic mass is 9.79. The summed E-state index contributed by atoms with van der Waals surface area (Å²) >= 11 is 0. The van der Waals surface area contributed by atoms with Crippen molar-refractivity contribution in [3.63, 3.8) is 0 Å². The number of esters is 2. The molecule has 1 saturated carbocycles. The van der Waals surface area contributed by atoms with Gasteiger partial charge in [-0.2, -0.15) is 0 Å². The number of rotatable bonds is 1. The minimum atomic E-state index is -0.320. The second kappa shape index (κ2) is 3.31. The number of hydrogen-bond donors (Lipinski definition) is 0. The monoisotopic (exact) mass is 240 g/mol. The first-order valence-corrected chi connectivity index (χ1v) is 6.28. The van der Waals surface area contributed by atoms with Crippen molar-refractivity contribution in [2.24, 2.45) is 23.7 Å². The Hall–Kier alpha value is -1.90. The van der Waals surface area contributed by atoms with E-state index in [1.807, 2.05) is 18.2 Å². The Morgan fingerprint density at radius 1 is 1.00 bits per heavy atom. The molecule has 0 spiro atoms. The number of carbonyl (C=O) groups is 2. The van der Waals surface area contributed by atoms with Gasteiger partial charge in [0.25, 0.3) is 0 Å². The van der Waals surface area contributed by atoms with E-state index in [1.54, 1.807) is 0 Å². The molecule has 1 saturated heterocycles. The molecular formula is C15H12O3. The van der Waals surface area contributed by atoms with Gasteiger partial charge in [0, 0.05) is 0 Å². The maximum atomic E-state index is 11.8. The van der Waals surface area contributed by atoms with Crippen LogP contribution in [0.15, 0.2) is 36.4 Å². The summed E-state index contributed by atoms with van der Waals surface area (Å²) in [5.74, 6) is -0.729. The van der Waals surface area contributed by atoms with E-state index in [-0.39, 0.29) is 35.6 Å². The van der Waals surface area contributed by atoms with Crippen LogP contribution in [0.3, 0.4) is 0 Å². The van der Waals surface area contributed by atoms with Gasteiger partial charge in [-0.15, -0.1) is 0 Å². The quantitative estimate of drug-likeness (QED) is 0.557. The predicted molar refractivity (Wildman–Crippen MR) is 64.1 cm³/mol. The van der Waals surface area contributed by atoms with Crippen molar-refractivity contribution in [3.05, 3.63) is 42.0 Å². The zero-order valence-corrected chi connectivity index (χ0v) is 9.71. The maximum Gasteiger partial charge on any atom is 0.318 e. The van der Waals surface area contributed by atoms with Crippen LogP contribution in [-0.2, 0) is 14.3 Å². The van der Waals surface area contributed by atoms with E-state index in [0.29, 0.717) is 0 Å². The van der Waals surface area contributed by atoms with Gasteiger partial charge in [-0.05, 0) is 29.4 Å². The molecule has 2 bridgehead atoms. The molecule has 0 radical (unpaired) electrons. The van der Waals surface area contributed by atoms with E-state index in [0.717, 1.165) is 12.0 Å². The van der Waals surface area contributed by atoms with Gasteiger partial charge in [0.15, 0.2) is 0 Å². The fourth-order valence-corrected chi connectivity index (χ4v) is 3.76. The van der Waals surface area contributed by atoms with Crippen molar-refractivity contribution in [2.45, 2.75) is 6.42 Å². The van der Waals surface area contributed by atoms with E-state index in [9.17, 15) is 9.59 Å². The summed E-state index contributed by atoms with van der Waals surface area (Å²) in [6.45, 7) is 0. The Morgan fingerprint density at radius 2 is 1.72 bits per heavy atom. The van der Waals surface area contributed by atoms with Gasteiger partial charge in [0.05, 0.1) is 11.8 Å². The molecule has 1 aliphatic heterocycles. The number of ether oxygens (including phenoxy) is 1. The third kappa shape index (κ3) is 1.14. The second-order valence-electron chi connectivity index (χ2n) is 5.29. The summed E-state index contributed by atoms with van der Waals surface area (Å²) in [5, 5.41) is 0. The highest BCUT2D eigenvalue weighted by molar-refractivity contribution is 6.00. The third-order valence-corrected chi connectivity index (χ3v) is 4.45. The van der Waals surface area contributed by atoms with E-state index in [1.165, 1.54) is 5.57 Å². The Morgan fingerprint density at radius 3 is 2.50 bits per heavy atom. The molecule has 3 heteroatoms. The summed E-state index contributed by atoms with van der Waals surface area (Å²) in [4.78, 5) is 23.4. The van der Waals surface area contributed by atoms with Crippen LogP contribution in [0.2, 0.25) is 0 Å². The van der Waals surface area contributed by atoms with Gasteiger partial charge < -0.3 is 4.74 Å². The summed E-state index contributed by atoms with van der Waals surface area (Å²) in [5.41, 5.74) is 2.38. The van der Waals surface area contributed by atoms with Gasteiger partial charge in [-0.25, -0.2) is 0 Å². The number of fused-ring (bicyclic) bond motifs is 5. The van der Waals surface area contributed by atoms with E-state index in [4.69, 9.17) is 4.74 Å². The molecule has 1 aromatic rings. The number of cyclic esters (lactones) is 2. The summed E-state index contributed by atoms with van der Waals surface area (Å²) in [7, 11) is 0. The van der Waals surface area contributed by atoms with E-state index < -0.39 is 0 Å². The molecule has 0 amide bonds. The first-order chi connectivity index (χ1) is 8.75. The Balaban J connectivity index is 1.77. The van der Waals surface area contributed by atoms with Crippen molar-refractivity contribution in [3.8, 4) is 0 Å². The second-order valence-corrected chi connectivity index (χ2v) is 5.29. The minimum absolute atomic E-state index is 0.168. The van der Waals surface area contributed by atoms with Crippen LogP contribution >= 0.6 is 0 Å². The van der Waals surface area contributed by atoms with Crippen molar-refractivity contribution in [1.82, 2.24) is 0 Å². The lowest BCUT2D eigenvalue weighted by Crippen LogP contribution is -2.23. The molecule has 18 heavy (non-hydrogen) atoms. The molecule has 0 N–H and O–H groups in total. The normalized spacial score (nSPS) is 36.6. The molecule has 2 aliphatic carbocycles. The van der Waals surface area contributed by atoms with Crippen molar-refractivity contribution in [2.75, 3.05) is 0 Å². The standard InChI is InChI=1S/C15H12O3/c16-14-12-9-6-10(8-4-2-1-3-5-8)11(7-9)13(12)15(17)18-14/h1-6,9,11-13H,7H2/t9-,11-,12-,13+/m0/s1. The van der Waals surface area contributed by atoms with Crippen molar-refractivity contribution in [1.29, 1.82) is 0 Å². The van der Waals surface area contributed by atoms with Gasteiger partial charge >= 0.3 is 11.9 Å². The topological polar surface area (TPSA) is 43.4 Å². The molecule has 1 aromatic carbocycles. The van der Waals surface area contributed by atoms with Crippen LogP contribution in [-0.4, -0.2) is 11.9 Å². The molecule has 4 atom stereocenters. The highest BCUT2D eigenvalue weighted by Gasteiger charge is 2.60. The van der Waals surface area contributed by atoms with Crippen LogP contribution < -0.4 is 0 Å². The van der Waals surface area contributed by atoms with Gasteiger partial charge in [0.2, 0.25) is 0 Å². The van der Waals surface area contributed by atoms with Gasteiger partial charge in [0.1, 0.15) is 0 Å². The van der Waals surface area contributed by atoms with Crippen LogP contribution in [0.25, 0.3) is 5.57 Å². The maximum absolute atomic E-state index is 11.8. The van der Waals surface area contributed by atoms with Crippen LogP contribution in [0, 0.1) is 23.7 Å². The Kier molecular flexibility index (Phi) is 1.85. The number of hydrogen-bond acceptors (Lipinski definition) is 3. The summed E-state index contributed by atoms with van der Waals surface area (Å²) < 4.78 is 4.78. The molecule has 4 rings (SSSR count). The minimum Gasteiger partial charge on any atom is -0.393 e. The molecule has 90 valence electrons. The average molecular weight is 240 g/mol. The predicted octanol–water partition coefficient (Wildman–Crippen LogP) is 2.04. The van der Waals surface area contributed by atoms with Gasteiger partial charge in [-0.3, -0.25) is 9.59 Å². The molecule has 3 aliphatic rings. The van der Waals surface area contributed by atoms with Crippen LogP contribution in [0.1, 0.15) is 12.0 Å². The number of carbonyl (C=O) groups excluding carboxylic acids is 2. The van der Waals surface area contributed by atoms with Crippen molar-refractivity contribution < 1.29 is 14.3 Å². The molecule has 2 fully saturated rings. The number of benzene rings is 1. The largest absolute Gasteiger partial charge is 0.393 e. The summed E-state index contributed by atoms with van der Waals surface area (Å²) in [6.07, 6.45) is 3.08. The first kappa shape index (κ1) is 10.1. The van der Waals surface area contributed by atoms with E-state index >= 15 is 0 Å². The van der Waals surface area contributed by atoms with E-state index in [2.05, 4.69) is 18.2 Å². The average Bonchev–Trinajstić information content (AvgIpc) is 3.03. The Bertz CT molecular complexity index is 573. The molecule has 3 nitrogen and oxygen atoms in total. The SMILES string of the molecule is O=C1OC(=O)[C@H]2[C@@H]1[C@H]1C=C(c3ccccc3)[C@@H]2C1. The zero-order chi connectivity index (χ0) is 12.3. The summed E-state index contributed by atoms with van der Waals surface area (Å²) in [6, 6.07) is 10.1. The molecule has 1 heterocycles. The lowest BCUT2D eigenvalue weighted by molar-refractivity contribution is -0.154. The zero-order valence-electron chi connectivity index (χ0n) is 9.71. The fourth-order valence-electron chi connectivity index (χ4n) is 3.76. The van der Waals surface area contributed by atoms with Gasteiger partial charge in [-0.1, -0.05) is 36.4 Å².